The fraction of sp³-hybridized carbons (Fsp3) is 0.458. The van der Waals surface area contributed by atoms with Crippen molar-refractivity contribution >= 4 is 28.7 Å². The largest absolute Gasteiger partial charge is 0.496 e. The van der Waals surface area contributed by atoms with Gasteiger partial charge in [0.2, 0.25) is 0 Å². The van der Waals surface area contributed by atoms with Crippen LogP contribution < -0.4 is 0 Å². The van der Waals surface area contributed by atoms with Crippen molar-refractivity contribution in [2.45, 2.75) is 51.9 Å². The van der Waals surface area contributed by atoms with Crippen molar-refractivity contribution in [1.82, 2.24) is 4.98 Å². The van der Waals surface area contributed by atoms with Gasteiger partial charge in [0, 0.05) is 17.5 Å². The molecule has 2 aliphatic rings. The molecule has 6 nitrogen and oxygen atoms in total. The Labute approximate surface area is 186 Å². The lowest BCUT2D eigenvalue weighted by Crippen LogP contribution is -2.46. The van der Waals surface area contributed by atoms with Crippen LogP contribution in [0.2, 0.25) is 0 Å². The maximum Gasteiger partial charge on any atom is 0.332 e. The summed E-state index contributed by atoms with van der Waals surface area (Å²) in [5.74, 6) is -0.292. The minimum Gasteiger partial charge on any atom is -0.496 e. The van der Waals surface area contributed by atoms with Crippen LogP contribution in [0.5, 0.6) is 0 Å². The third kappa shape index (κ3) is 5.05. The number of carbonyl (C=O) groups excluding carboxylic acids is 2. The zero-order valence-corrected chi connectivity index (χ0v) is 18.6. The molecule has 2 heterocycles. The molecule has 4 unspecified atom stereocenters. The van der Waals surface area contributed by atoms with E-state index in [9.17, 15) is 9.59 Å². The van der Waals surface area contributed by atoms with Gasteiger partial charge in [-0.25, -0.2) is 9.78 Å². The van der Waals surface area contributed by atoms with Gasteiger partial charge in [-0.1, -0.05) is 43.7 Å². The van der Waals surface area contributed by atoms with E-state index in [-0.39, 0.29) is 49.0 Å². The highest BCUT2D eigenvalue weighted by atomic mass is 32.1. The number of hydrogen-bond donors (Lipinski definition) is 0. The van der Waals surface area contributed by atoms with Gasteiger partial charge in [-0.2, -0.15) is 0 Å². The average Bonchev–Trinajstić information content (AvgIpc) is 3.22. The summed E-state index contributed by atoms with van der Waals surface area (Å²) in [6.07, 6.45) is 3.33. The molecular weight excluding hydrogens is 414 g/mol. The highest BCUT2D eigenvalue weighted by Crippen LogP contribution is 2.41. The third-order valence-electron chi connectivity index (χ3n) is 5.99. The quantitative estimate of drug-likeness (QED) is 0.596. The Morgan fingerprint density at radius 3 is 2.77 bits per heavy atom. The Balaban J connectivity index is 1.34. The Bertz CT molecular complexity index is 954. The Morgan fingerprint density at radius 1 is 1.26 bits per heavy atom. The Kier molecular flexibility index (Phi) is 6.83. The maximum absolute atomic E-state index is 13.1. The summed E-state index contributed by atoms with van der Waals surface area (Å²) in [5.41, 5.74) is 2.41. The zero-order chi connectivity index (χ0) is 21.8. The smallest absolute Gasteiger partial charge is 0.332 e. The molecule has 1 saturated carbocycles. The summed E-state index contributed by atoms with van der Waals surface area (Å²) in [6, 6.07) is 9.56. The fourth-order valence-corrected chi connectivity index (χ4v) is 5.08. The molecule has 1 aromatic carbocycles. The number of ether oxygens (including phenoxy) is 3. The number of nitrogens with zero attached hydrogens (tertiary/aromatic N) is 1. The number of carbonyl (C=O) groups is 2. The van der Waals surface area contributed by atoms with E-state index in [1.807, 2.05) is 42.6 Å². The van der Waals surface area contributed by atoms with Crippen LogP contribution in [0.1, 0.15) is 42.5 Å². The standard InChI is InChI=1S/C24H27NO5S/c1-3-17-9-18-21(28-12-19(23(18)27)24-25-15(2)14-31-24)10-20(17)29-13-22(26)30-11-16-7-5-4-6-8-16/h4-8,12,14,17-18,20-21H,3,9-11,13H2,1-2H3. The molecule has 1 aliphatic carbocycles. The van der Waals surface area contributed by atoms with Gasteiger partial charge in [0.05, 0.1) is 23.9 Å². The molecule has 0 amide bonds. The number of Topliss-reactive ketones (excluding diaryl/α,β-unsaturated/α-hetero) is 1. The number of aromatic nitrogens is 1. The molecule has 1 aliphatic heterocycles. The van der Waals surface area contributed by atoms with E-state index in [0.29, 0.717) is 23.4 Å². The lowest BCUT2D eigenvalue weighted by atomic mass is 9.72. The molecule has 0 spiro atoms. The maximum atomic E-state index is 13.1. The van der Waals surface area contributed by atoms with E-state index in [1.54, 1.807) is 6.26 Å². The van der Waals surface area contributed by atoms with Crippen LogP contribution >= 0.6 is 11.3 Å². The van der Waals surface area contributed by atoms with Gasteiger partial charge < -0.3 is 14.2 Å². The minimum absolute atomic E-state index is 0.0984. The first-order chi connectivity index (χ1) is 15.0. The topological polar surface area (TPSA) is 74.7 Å². The summed E-state index contributed by atoms with van der Waals surface area (Å²) in [5, 5.41) is 2.65. The van der Waals surface area contributed by atoms with E-state index in [4.69, 9.17) is 14.2 Å². The molecule has 4 atom stereocenters. The molecule has 7 heteroatoms. The van der Waals surface area contributed by atoms with Gasteiger partial charge in [-0.05, 0) is 24.8 Å². The van der Waals surface area contributed by atoms with Crippen LogP contribution in [-0.4, -0.2) is 35.6 Å². The second-order valence-corrected chi connectivity index (χ2v) is 8.96. The Morgan fingerprint density at radius 2 is 2.06 bits per heavy atom. The van der Waals surface area contributed by atoms with Gasteiger partial charge >= 0.3 is 5.97 Å². The van der Waals surface area contributed by atoms with E-state index in [1.165, 1.54) is 11.3 Å². The number of hydrogen-bond acceptors (Lipinski definition) is 7. The molecule has 4 rings (SSSR count). The summed E-state index contributed by atoms with van der Waals surface area (Å²) in [6.45, 7) is 4.14. The molecule has 2 aromatic rings. The van der Waals surface area contributed by atoms with Crippen LogP contribution in [0.4, 0.5) is 0 Å². The average molecular weight is 442 g/mol. The first-order valence-corrected chi connectivity index (χ1v) is 11.6. The SMILES string of the molecule is CCC1CC2C(=O)C(c3nc(C)cs3)=COC2CC1OCC(=O)OCc1ccccc1. The van der Waals surface area contributed by atoms with Crippen molar-refractivity contribution in [2.24, 2.45) is 11.8 Å². The molecule has 0 saturated heterocycles. The number of aryl methyl sites for hydroxylation is 1. The minimum atomic E-state index is -0.386. The van der Waals surface area contributed by atoms with Crippen molar-refractivity contribution in [3.8, 4) is 0 Å². The number of thiazole rings is 1. The van der Waals surface area contributed by atoms with Crippen molar-refractivity contribution in [2.75, 3.05) is 6.61 Å². The predicted octanol–water partition coefficient (Wildman–Crippen LogP) is 4.33. The van der Waals surface area contributed by atoms with Crippen LogP contribution in [0.15, 0.2) is 42.0 Å². The van der Waals surface area contributed by atoms with E-state index >= 15 is 0 Å². The monoisotopic (exact) mass is 441 g/mol. The molecule has 31 heavy (non-hydrogen) atoms. The van der Waals surface area contributed by atoms with Gasteiger partial charge in [-0.15, -0.1) is 11.3 Å². The van der Waals surface area contributed by atoms with Gasteiger partial charge in [0.25, 0.3) is 0 Å². The van der Waals surface area contributed by atoms with Crippen molar-refractivity contribution < 1.29 is 23.8 Å². The lowest BCUT2D eigenvalue weighted by molar-refractivity contribution is -0.158. The molecule has 1 fully saturated rings. The van der Waals surface area contributed by atoms with Crippen molar-refractivity contribution in [3.05, 3.63) is 58.2 Å². The van der Waals surface area contributed by atoms with Gasteiger partial charge in [0.15, 0.2) is 5.78 Å². The summed E-state index contributed by atoms with van der Waals surface area (Å²) in [7, 11) is 0. The second-order valence-electron chi connectivity index (χ2n) is 8.11. The van der Waals surface area contributed by atoms with E-state index in [0.717, 1.165) is 17.7 Å². The number of fused-ring (bicyclic) bond motifs is 1. The first kappa shape index (κ1) is 21.7. The molecule has 0 N–H and O–H groups in total. The van der Waals surface area contributed by atoms with Crippen LogP contribution in [-0.2, 0) is 30.4 Å². The first-order valence-electron chi connectivity index (χ1n) is 10.7. The van der Waals surface area contributed by atoms with E-state index in [2.05, 4.69) is 11.9 Å². The van der Waals surface area contributed by atoms with Gasteiger partial charge in [-0.3, -0.25) is 4.79 Å². The summed E-state index contributed by atoms with van der Waals surface area (Å²) >= 11 is 1.46. The fourth-order valence-electron chi connectivity index (χ4n) is 4.28. The van der Waals surface area contributed by atoms with Gasteiger partial charge in [0.1, 0.15) is 24.3 Å². The van der Waals surface area contributed by atoms with Crippen LogP contribution in [0.25, 0.3) is 5.57 Å². The third-order valence-corrected chi connectivity index (χ3v) is 6.98. The molecule has 0 bridgehead atoms. The molecule has 164 valence electrons. The molecule has 1 aromatic heterocycles. The number of ketones is 1. The molecular formula is C24H27NO5S. The highest BCUT2D eigenvalue weighted by Gasteiger charge is 2.45. The molecule has 0 radical (unpaired) electrons. The zero-order valence-electron chi connectivity index (χ0n) is 17.8. The van der Waals surface area contributed by atoms with Crippen LogP contribution in [0, 0.1) is 18.8 Å². The Hall–Kier alpha value is -2.51. The summed E-state index contributed by atoms with van der Waals surface area (Å²) < 4.78 is 17.2. The number of rotatable bonds is 7. The van der Waals surface area contributed by atoms with Crippen LogP contribution in [0.3, 0.4) is 0 Å². The van der Waals surface area contributed by atoms with Crippen molar-refractivity contribution in [3.63, 3.8) is 0 Å². The normalized spacial score (nSPS) is 25.4. The number of allylic oxidation sites excluding steroid dienone is 1. The highest BCUT2D eigenvalue weighted by molar-refractivity contribution is 7.11. The number of esters is 1. The lowest BCUT2D eigenvalue weighted by Gasteiger charge is -2.41. The second kappa shape index (κ2) is 9.75. The predicted molar refractivity (Wildman–Crippen MR) is 117 cm³/mol. The number of benzene rings is 1. The van der Waals surface area contributed by atoms with E-state index < -0.39 is 0 Å². The van der Waals surface area contributed by atoms with Crippen molar-refractivity contribution in [1.29, 1.82) is 0 Å². The summed E-state index contributed by atoms with van der Waals surface area (Å²) in [4.78, 5) is 29.7.